The number of hydrogen-bond acceptors (Lipinski definition) is 1. The summed E-state index contributed by atoms with van der Waals surface area (Å²) < 4.78 is 16.5. The maximum Gasteiger partial charge on any atom is 0.144 e. The number of fused-ring (bicyclic) bond motifs is 1. The van der Waals surface area contributed by atoms with Crippen molar-refractivity contribution in [2.75, 3.05) is 0 Å². The minimum absolute atomic E-state index is 0.0524. The van der Waals surface area contributed by atoms with Crippen LogP contribution in [0.15, 0.2) is 34.8 Å². The maximum atomic E-state index is 13.8. The van der Waals surface area contributed by atoms with Crippen LogP contribution >= 0.6 is 39.1 Å². The maximum absolute atomic E-state index is 13.8. The highest BCUT2D eigenvalue weighted by atomic mass is 79.9. The van der Waals surface area contributed by atoms with Crippen molar-refractivity contribution in [3.63, 3.8) is 0 Å². The average molecular weight is 388 g/mol. The molecule has 2 aromatic carbocycles. The van der Waals surface area contributed by atoms with Gasteiger partial charge in [0.25, 0.3) is 0 Å². The molecule has 1 aromatic heterocycles. The normalized spacial score (nSPS) is 11.3. The lowest BCUT2D eigenvalue weighted by molar-refractivity contribution is 0.629. The van der Waals surface area contributed by atoms with Crippen molar-refractivity contribution in [2.24, 2.45) is 0 Å². The molecule has 0 saturated heterocycles. The molecule has 108 valence electrons. The van der Waals surface area contributed by atoms with Crippen LogP contribution in [0.2, 0.25) is 5.02 Å². The Morgan fingerprint density at radius 3 is 2.76 bits per heavy atom. The molecular formula is C15H10BrCl2FN2. The van der Waals surface area contributed by atoms with E-state index in [-0.39, 0.29) is 10.9 Å². The molecule has 0 unspecified atom stereocenters. The van der Waals surface area contributed by atoms with E-state index in [0.29, 0.717) is 16.9 Å². The van der Waals surface area contributed by atoms with E-state index in [2.05, 4.69) is 20.9 Å². The van der Waals surface area contributed by atoms with Crippen LogP contribution in [0.4, 0.5) is 4.39 Å². The zero-order chi connectivity index (χ0) is 15.1. The molecular weight excluding hydrogens is 378 g/mol. The number of aryl methyl sites for hydroxylation is 1. The molecule has 3 rings (SSSR count). The van der Waals surface area contributed by atoms with Gasteiger partial charge in [-0.2, -0.15) is 0 Å². The molecule has 1 heterocycles. The Morgan fingerprint density at radius 1 is 1.29 bits per heavy atom. The first kappa shape index (κ1) is 14.8. The van der Waals surface area contributed by atoms with Gasteiger partial charge >= 0.3 is 0 Å². The molecule has 0 saturated carbocycles. The van der Waals surface area contributed by atoms with Crippen LogP contribution in [0.3, 0.4) is 0 Å². The SMILES string of the molecule is Cc1ccc(Br)c(-n2c(CCl)nc3cc(Cl)c(F)cc32)c1. The number of halogens is 4. The molecule has 0 aliphatic heterocycles. The lowest BCUT2D eigenvalue weighted by atomic mass is 10.2. The third-order valence-electron chi connectivity index (χ3n) is 3.23. The summed E-state index contributed by atoms with van der Waals surface area (Å²) in [6, 6.07) is 8.83. The first-order valence-electron chi connectivity index (χ1n) is 6.20. The van der Waals surface area contributed by atoms with Gasteiger partial charge in [-0.15, -0.1) is 11.6 Å². The Bertz CT molecular complexity index is 845. The summed E-state index contributed by atoms with van der Waals surface area (Å²) in [5.74, 6) is 0.378. The van der Waals surface area contributed by atoms with Crippen LogP contribution in [-0.2, 0) is 5.88 Å². The first-order valence-corrected chi connectivity index (χ1v) is 7.90. The number of hydrogen-bond donors (Lipinski definition) is 0. The van der Waals surface area contributed by atoms with Crippen LogP contribution < -0.4 is 0 Å². The molecule has 0 amide bonds. The van der Waals surface area contributed by atoms with Crippen LogP contribution in [0.1, 0.15) is 11.4 Å². The lowest BCUT2D eigenvalue weighted by Crippen LogP contribution is -2.01. The van der Waals surface area contributed by atoms with Crippen molar-refractivity contribution in [2.45, 2.75) is 12.8 Å². The third-order valence-corrected chi connectivity index (χ3v) is 4.43. The summed E-state index contributed by atoms with van der Waals surface area (Å²) in [5, 5.41) is 0.0524. The standard InChI is InChI=1S/C15H10BrCl2FN2/c1-8-2-3-9(16)13(4-8)21-14-6-11(19)10(18)5-12(14)20-15(21)7-17/h2-6H,7H2,1H3. The zero-order valence-corrected chi connectivity index (χ0v) is 14.1. The fourth-order valence-electron chi connectivity index (χ4n) is 2.28. The van der Waals surface area contributed by atoms with Crippen LogP contribution in [0.25, 0.3) is 16.7 Å². The zero-order valence-electron chi connectivity index (χ0n) is 11.0. The molecule has 0 radical (unpaired) electrons. The molecule has 3 aromatic rings. The second-order valence-electron chi connectivity index (χ2n) is 4.71. The molecule has 21 heavy (non-hydrogen) atoms. The van der Waals surface area contributed by atoms with Crippen molar-refractivity contribution in [1.82, 2.24) is 9.55 Å². The number of rotatable bonds is 2. The van der Waals surface area contributed by atoms with Gasteiger partial charge in [0.05, 0.1) is 27.6 Å². The van der Waals surface area contributed by atoms with Crippen molar-refractivity contribution < 1.29 is 4.39 Å². The van der Waals surface area contributed by atoms with Gasteiger partial charge in [-0.1, -0.05) is 17.7 Å². The quantitative estimate of drug-likeness (QED) is 0.521. The van der Waals surface area contributed by atoms with Crippen molar-refractivity contribution in [3.8, 4) is 5.69 Å². The van der Waals surface area contributed by atoms with Gasteiger partial charge in [0.1, 0.15) is 11.6 Å². The molecule has 0 aliphatic rings. The third kappa shape index (κ3) is 2.56. The van der Waals surface area contributed by atoms with Gasteiger partial charge in [0, 0.05) is 10.5 Å². The summed E-state index contributed by atoms with van der Waals surface area (Å²) in [7, 11) is 0. The van der Waals surface area contributed by atoms with Gasteiger partial charge in [0.2, 0.25) is 0 Å². The Labute approximate surface area is 139 Å². The van der Waals surface area contributed by atoms with E-state index in [1.165, 1.54) is 12.1 Å². The Morgan fingerprint density at radius 2 is 2.05 bits per heavy atom. The van der Waals surface area contributed by atoms with Crippen molar-refractivity contribution >= 4 is 50.2 Å². The second-order valence-corrected chi connectivity index (χ2v) is 6.24. The molecule has 6 heteroatoms. The van der Waals surface area contributed by atoms with E-state index in [1.54, 1.807) is 0 Å². The summed E-state index contributed by atoms with van der Waals surface area (Å²) >= 11 is 15.4. The predicted molar refractivity (Wildman–Crippen MR) is 88.0 cm³/mol. The number of aromatic nitrogens is 2. The number of imidazole rings is 1. The molecule has 0 spiro atoms. The average Bonchev–Trinajstić information content (AvgIpc) is 2.79. The van der Waals surface area contributed by atoms with E-state index in [0.717, 1.165) is 15.7 Å². The highest BCUT2D eigenvalue weighted by molar-refractivity contribution is 9.10. The smallest absolute Gasteiger partial charge is 0.144 e. The fraction of sp³-hybridized carbons (Fsp3) is 0.133. The van der Waals surface area contributed by atoms with Crippen LogP contribution in [0.5, 0.6) is 0 Å². The highest BCUT2D eigenvalue weighted by Crippen LogP contribution is 2.31. The van der Waals surface area contributed by atoms with Crippen molar-refractivity contribution in [3.05, 3.63) is 57.0 Å². The van der Waals surface area contributed by atoms with E-state index >= 15 is 0 Å². The van der Waals surface area contributed by atoms with Crippen LogP contribution in [0, 0.1) is 12.7 Å². The van der Waals surface area contributed by atoms with Gasteiger partial charge in [0.15, 0.2) is 0 Å². The summed E-state index contributed by atoms with van der Waals surface area (Å²) in [5.41, 5.74) is 3.21. The molecule has 0 bridgehead atoms. The molecule has 0 N–H and O–H groups in total. The molecule has 2 nitrogen and oxygen atoms in total. The largest absolute Gasteiger partial charge is 0.294 e. The van der Waals surface area contributed by atoms with E-state index in [9.17, 15) is 4.39 Å². The molecule has 0 aliphatic carbocycles. The Hall–Kier alpha value is -1.10. The monoisotopic (exact) mass is 386 g/mol. The Balaban J connectivity index is 2.40. The van der Waals surface area contributed by atoms with Crippen LogP contribution in [-0.4, -0.2) is 9.55 Å². The van der Waals surface area contributed by atoms with Gasteiger partial charge < -0.3 is 0 Å². The van der Waals surface area contributed by atoms with E-state index < -0.39 is 5.82 Å². The van der Waals surface area contributed by atoms with Gasteiger partial charge in [-0.25, -0.2) is 9.37 Å². The lowest BCUT2D eigenvalue weighted by Gasteiger charge is -2.11. The number of alkyl halides is 1. The molecule has 0 atom stereocenters. The van der Waals surface area contributed by atoms with E-state index in [1.807, 2.05) is 29.7 Å². The van der Waals surface area contributed by atoms with Crippen molar-refractivity contribution in [1.29, 1.82) is 0 Å². The van der Waals surface area contributed by atoms with Gasteiger partial charge in [-0.05, 0) is 46.6 Å². The number of benzene rings is 2. The first-order chi connectivity index (χ1) is 10.0. The summed E-state index contributed by atoms with van der Waals surface area (Å²) in [6.45, 7) is 1.99. The van der Waals surface area contributed by atoms with Gasteiger partial charge in [-0.3, -0.25) is 4.57 Å². The highest BCUT2D eigenvalue weighted by Gasteiger charge is 2.16. The summed E-state index contributed by atoms with van der Waals surface area (Å²) in [4.78, 5) is 4.44. The summed E-state index contributed by atoms with van der Waals surface area (Å²) in [6.07, 6.45) is 0. The predicted octanol–water partition coefficient (Wildman–Crippen LogP) is 5.63. The van der Waals surface area contributed by atoms with E-state index in [4.69, 9.17) is 23.2 Å². The minimum Gasteiger partial charge on any atom is -0.294 e. The minimum atomic E-state index is -0.477. The fourth-order valence-corrected chi connectivity index (χ4v) is 3.04. The number of nitrogens with zero attached hydrogens (tertiary/aromatic N) is 2. The molecule has 0 fully saturated rings. The topological polar surface area (TPSA) is 17.8 Å². The second kappa shape index (κ2) is 5.59. The Kier molecular flexibility index (Phi) is 3.95.